The first-order chi connectivity index (χ1) is 10.7. The fourth-order valence-corrected chi connectivity index (χ4v) is 3.34. The van der Waals surface area contributed by atoms with Gasteiger partial charge >= 0.3 is 0 Å². The minimum absolute atomic E-state index is 0.209. The van der Waals surface area contributed by atoms with Crippen LogP contribution in [0.1, 0.15) is 47.8 Å². The fraction of sp³-hybridized carbons (Fsp3) is 0.444. The topological polar surface area (TPSA) is 49.0 Å². The number of nitrogens with zero attached hydrogens (tertiary/aromatic N) is 2. The number of hydrogen-bond acceptors (Lipinski definition) is 2. The van der Waals surface area contributed by atoms with E-state index in [0.29, 0.717) is 6.42 Å². The highest BCUT2D eigenvalue weighted by Gasteiger charge is 2.28. The Bertz CT molecular complexity index is 628. The molecule has 1 fully saturated rings. The molecule has 4 nitrogen and oxygen atoms in total. The number of amides is 1. The van der Waals surface area contributed by atoms with E-state index < -0.39 is 0 Å². The second-order valence-electron chi connectivity index (χ2n) is 6.10. The van der Waals surface area contributed by atoms with Gasteiger partial charge in [-0.2, -0.15) is 5.10 Å². The number of nitrogens with one attached hydrogen (secondary N) is 1. The molecule has 1 amide bonds. The molecule has 0 bridgehead atoms. The van der Waals surface area contributed by atoms with Crippen molar-refractivity contribution in [2.75, 3.05) is 6.54 Å². The first-order valence-electron chi connectivity index (χ1n) is 8.01. The van der Waals surface area contributed by atoms with Crippen LogP contribution in [0.2, 0.25) is 0 Å². The summed E-state index contributed by atoms with van der Waals surface area (Å²) >= 11 is 0. The van der Waals surface area contributed by atoms with Crippen LogP contribution in [-0.2, 0) is 11.2 Å². The molecule has 4 heteroatoms. The second kappa shape index (κ2) is 6.34. The standard InChI is InChI=1S/C18H23N3O/c1-13-16(14(2)20-19-13)12-18(22)21-11-7-6-10-17(21)15-8-4-3-5-9-15/h3-5,8-9,17H,6-7,10-12H2,1-2H3,(H,19,20)/t17-/m1/s1. The van der Waals surface area contributed by atoms with Crippen LogP contribution in [-0.4, -0.2) is 27.5 Å². The largest absolute Gasteiger partial charge is 0.335 e. The van der Waals surface area contributed by atoms with Crippen LogP contribution in [0.15, 0.2) is 30.3 Å². The number of benzene rings is 1. The molecule has 1 aromatic carbocycles. The highest BCUT2D eigenvalue weighted by molar-refractivity contribution is 5.80. The summed E-state index contributed by atoms with van der Waals surface area (Å²) in [5, 5.41) is 7.16. The quantitative estimate of drug-likeness (QED) is 0.944. The maximum atomic E-state index is 12.8. The number of H-pyrrole nitrogens is 1. The molecule has 116 valence electrons. The van der Waals surface area contributed by atoms with Crippen molar-refractivity contribution in [2.24, 2.45) is 0 Å². The summed E-state index contributed by atoms with van der Waals surface area (Å²) in [5.41, 5.74) is 4.22. The molecule has 2 heterocycles. The van der Waals surface area contributed by atoms with Crippen molar-refractivity contribution in [1.29, 1.82) is 0 Å². The number of rotatable bonds is 3. The van der Waals surface area contributed by atoms with Gasteiger partial charge in [0.2, 0.25) is 5.91 Å². The summed E-state index contributed by atoms with van der Waals surface area (Å²) in [6.07, 6.45) is 3.78. The van der Waals surface area contributed by atoms with Gasteiger partial charge in [-0.15, -0.1) is 0 Å². The minimum atomic E-state index is 0.209. The Hall–Kier alpha value is -2.10. The van der Waals surface area contributed by atoms with Gasteiger partial charge in [0, 0.05) is 17.8 Å². The van der Waals surface area contributed by atoms with Crippen molar-refractivity contribution in [3.05, 3.63) is 52.8 Å². The Balaban J connectivity index is 1.80. The van der Waals surface area contributed by atoms with E-state index in [4.69, 9.17) is 0 Å². The maximum absolute atomic E-state index is 12.8. The molecule has 0 spiro atoms. The number of aromatic amines is 1. The zero-order valence-electron chi connectivity index (χ0n) is 13.3. The zero-order chi connectivity index (χ0) is 15.5. The Kier molecular flexibility index (Phi) is 4.27. The molecule has 1 aromatic heterocycles. The van der Waals surface area contributed by atoms with E-state index >= 15 is 0 Å². The first kappa shape index (κ1) is 14.8. The molecule has 1 N–H and O–H groups in total. The van der Waals surface area contributed by atoms with Crippen LogP contribution < -0.4 is 0 Å². The van der Waals surface area contributed by atoms with Crippen LogP contribution in [0.5, 0.6) is 0 Å². The fourth-order valence-electron chi connectivity index (χ4n) is 3.34. The molecular formula is C18H23N3O. The molecule has 1 saturated heterocycles. The summed E-state index contributed by atoms with van der Waals surface area (Å²) in [4.78, 5) is 14.9. The molecule has 1 aliphatic rings. The number of piperidine rings is 1. The van der Waals surface area contributed by atoms with Crippen molar-refractivity contribution >= 4 is 5.91 Å². The van der Waals surface area contributed by atoms with Gasteiger partial charge in [-0.3, -0.25) is 9.89 Å². The predicted molar refractivity (Wildman–Crippen MR) is 86.5 cm³/mol. The van der Waals surface area contributed by atoms with Gasteiger partial charge in [0.1, 0.15) is 0 Å². The third kappa shape index (κ3) is 2.91. The summed E-state index contributed by atoms with van der Waals surface area (Å²) in [5.74, 6) is 0.209. The lowest BCUT2D eigenvalue weighted by Crippen LogP contribution is -2.39. The van der Waals surface area contributed by atoms with E-state index in [1.54, 1.807) is 0 Å². The number of hydrogen-bond donors (Lipinski definition) is 1. The monoisotopic (exact) mass is 297 g/mol. The summed E-state index contributed by atoms with van der Waals surface area (Å²) in [7, 11) is 0. The summed E-state index contributed by atoms with van der Waals surface area (Å²) in [6, 6.07) is 10.6. The van der Waals surface area contributed by atoms with Crippen molar-refractivity contribution in [3.8, 4) is 0 Å². The van der Waals surface area contributed by atoms with Gasteiger partial charge in [0.25, 0.3) is 0 Å². The van der Waals surface area contributed by atoms with E-state index in [1.165, 1.54) is 12.0 Å². The highest BCUT2D eigenvalue weighted by Crippen LogP contribution is 2.31. The van der Waals surface area contributed by atoms with Crippen molar-refractivity contribution in [2.45, 2.75) is 45.6 Å². The Morgan fingerprint density at radius 2 is 2.05 bits per heavy atom. The Morgan fingerprint density at radius 3 is 2.73 bits per heavy atom. The molecule has 2 aromatic rings. The number of aryl methyl sites for hydroxylation is 2. The van der Waals surface area contributed by atoms with Crippen molar-refractivity contribution < 1.29 is 4.79 Å². The zero-order valence-corrected chi connectivity index (χ0v) is 13.3. The highest BCUT2D eigenvalue weighted by atomic mass is 16.2. The van der Waals surface area contributed by atoms with Gasteiger partial charge < -0.3 is 4.90 Å². The SMILES string of the molecule is Cc1n[nH]c(C)c1CC(=O)N1CCCC[C@@H]1c1ccccc1. The van der Waals surface area contributed by atoms with Gasteiger partial charge in [0.15, 0.2) is 0 Å². The summed E-state index contributed by atoms with van der Waals surface area (Å²) in [6.45, 7) is 4.79. The van der Waals surface area contributed by atoms with E-state index in [9.17, 15) is 4.79 Å². The molecular weight excluding hydrogens is 274 g/mol. The van der Waals surface area contributed by atoms with Crippen LogP contribution >= 0.6 is 0 Å². The van der Waals surface area contributed by atoms with Gasteiger partial charge in [-0.25, -0.2) is 0 Å². The van der Waals surface area contributed by atoms with Crippen molar-refractivity contribution in [3.63, 3.8) is 0 Å². The smallest absolute Gasteiger partial charge is 0.227 e. The predicted octanol–water partition coefficient (Wildman–Crippen LogP) is 3.32. The number of likely N-dealkylation sites (tertiary alicyclic amines) is 1. The van der Waals surface area contributed by atoms with Crippen LogP contribution in [0.4, 0.5) is 0 Å². The average Bonchev–Trinajstić information content (AvgIpc) is 2.87. The van der Waals surface area contributed by atoms with E-state index in [0.717, 1.165) is 36.3 Å². The maximum Gasteiger partial charge on any atom is 0.227 e. The molecule has 3 rings (SSSR count). The van der Waals surface area contributed by atoms with Crippen molar-refractivity contribution in [1.82, 2.24) is 15.1 Å². The third-order valence-electron chi connectivity index (χ3n) is 4.62. The van der Waals surface area contributed by atoms with Crippen LogP contribution in [0, 0.1) is 13.8 Å². The van der Waals surface area contributed by atoms with Gasteiger partial charge in [0.05, 0.1) is 18.2 Å². The second-order valence-corrected chi connectivity index (χ2v) is 6.10. The Morgan fingerprint density at radius 1 is 1.27 bits per heavy atom. The lowest BCUT2D eigenvalue weighted by atomic mass is 9.94. The normalized spacial score (nSPS) is 18.5. The molecule has 0 saturated carbocycles. The first-order valence-corrected chi connectivity index (χ1v) is 8.01. The molecule has 0 unspecified atom stereocenters. The Labute approximate surface area is 131 Å². The average molecular weight is 297 g/mol. The van der Waals surface area contributed by atoms with E-state index in [2.05, 4.69) is 39.4 Å². The number of carbonyl (C=O) groups excluding carboxylic acids is 1. The lowest BCUT2D eigenvalue weighted by Gasteiger charge is -2.36. The minimum Gasteiger partial charge on any atom is -0.335 e. The number of carbonyl (C=O) groups is 1. The summed E-state index contributed by atoms with van der Waals surface area (Å²) < 4.78 is 0. The van der Waals surface area contributed by atoms with Gasteiger partial charge in [-0.1, -0.05) is 30.3 Å². The molecule has 0 radical (unpaired) electrons. The third-order valence-corrected chi connectivity index (χ3v) is 4.62. The molecule has 0 aliphatic carbocycles. The van der Waals surface area contributed by atoms with Crippen LogP contribution in [0.25, 0.3) is 0 Å². The van der Waals surface area contributed by atoms with Crippen LogP contribution in [0.3, 0.4) is 0 Å². The molecule has 1 aliphatic heterocycles. The molecule has 22 heavy (non-hydrogen) atoms. The van der Waals surface area contributed by atoms with E-state index in [-0.39, 0.29) is 11.9 Å². The van der Waals surface area contributed by atoms with Gasteiger partial charge in [-0.05, 0) is 38.7 Å². The molecule has 1 atom stereocenters. The lowest BCUT2D eigenvalue weighted by molar-refractivity contribution is -0.134. The number of aromatic nitrogens is 2. The van der Waals surface area contributed by atoms with E-state index in [1.807, 2.05) is 19.9 Å².